The lowest BCUT2D eigenvalue weighted by Crippen LogP contribution is -2.47. The molecule has 0 amide bonds. The highest BCUT2D eigenvalue weighted by Crippen LogP contribution is 2.36. The molecule has 0 saturated carbocycles. The number of ether oxygens (including phenoxy) is 3. The zero-order valence-corrected chi connectivity index (χ0v) is 16.0. The average Bonchev–Trinajstić information content (AvgIpc) is 2.68. The van der Waals surface area contributed by atoms with Crippen molar-refractivity contribution in [3.8, 4) is 17.2 Å². The molecule has 1 saturated heterocycles. The zero-order valence-electron chi connectivity index (χ0n) is 16.0. The van der Waals surface area contributed by atoms with Gasteiger partial charge >= 0.3 is 11.9 Å². The van der Waals surface area contributed by atoms with Crippen LogP contribution in [0.4, 0.5) is 0 Å². The van der Waals surface area contributed by atoms with E-state index in [0.717, 1.165) is 39.3 Å². The molecule has 152 valence electrons. The van der Waals surface area contributed by atoms with Gasteiger partial charge in [-0.25, -0.2) is 9.59 Å². The number of benzene rings is 1. The van der Waals surface area contributed by atoms with Gasteiger partial charge in [-0.3, -0.25) is 4.90 Å². The summed E-state index contributed by atoms with van der Waals surface area (Å²) in [5, 5.41) is 14.8. The predicted octanol–water partition coefficient (Wildman–Crippen LogP) is 0.876. The summed E-state index contributed by atoms with van der Waals surface area (Å²) in [5.41, 5.74) is 0. The lowest BCUT2D eigenvalue weighted by atomic mass is 10.3. The van der Waals surface area contributed by atoms with Crippen molar-refractivity contribution in [3.63, 3.8) is 0 Å². The number of carboxylic acids is 2. The van der Waals surface area contributed by atoms with Gasteiger partial charge in [-0.2, -0.15) is 0 Å². The number of para-hydroxylation sites is 1. The van der Waals surface area contributed by atoms with Crippen LogP contribution in [0.25, 0.3) is 0 Å². The number of piperazine rings is 1. The maximum atomic E-state index is 9.10. The number of aliphatic carboxylic acids is 2. The second kappa shape index (κ2) is 12.0. The van der Waals surface area contributed by atoms with E-state index in [1.54, 1.807) is 14.2 Å². The Kier molecular flexibility index (Phi) is 9.99. The molecule has 0 radical (unpaired) electrons. The van der Waals surface area contributed by atoms with E-state index in [9.17, 15) is 0 Å². The van der Waals surface area contributed by atoms with Gasteiger partial charge in [0.05, 0.1) is 14.2 Å². The first-order chi connectivity index (χ1) is 12.9. The van der Waals surface area contributed by atoms with Crippen LogP contribution in [0, 0.1) is 0 Å². The van der Waals surface area contributed by atoms with E-state index in [1.165, 1.54) is 0 Å². The molecular weight excluding hydrogens is 356 g/mol. The Morgan fingerprint density at radius 3 is 1.85 bits per heavy atom. The minimum absolute atomic E-state index is 0.642. The molecule has 9 heteroatoms. The number of carbonyl (C=O) groups is 2. The second-order valence-corrected chi connectivity index (χ2v) is 5.73. The van der Waals surface area contributed by atoms with Gasteiger partial charge in [0.1, 0.15) is 6.61 Å². The van der Waals surface area contributed by atoms with Gasteiger partial charge in [0.2, 0.25) is 5.75 Å². The van der Waals surface area contributed by atoms with Gasteiger partial charge in [0.15, 0.2) is 11.5 Å². The Morgan fingerprint density at radius 2 is 1.44 bits per heavy atom. The molecule has 1 fully saturated rings. The topological polar surface area (TPSA) is 109 Å². The number of hydrogen-bond donors (Lipinski definition) is 2. The molecule has 1 aliphatic heterocycles. The Morgan fingerprint density at radius 1 is 0.963 bits per heavy atom. The van der Waals surface area contributed by atoms with E-state index in [2.05, 4.69) is 16.7 Å². The third-order valence-electron chi connectivity index (χ3n) is 4.13. The molecule has 1 aliphatic rings. The normalized spacial score (nSPS) is 14.6. The van der Waals surface area contributed by atoms with Gasteiger partial charge in [-0.1, -0.05) is 13.0 Å². The van der Waals surface area contributed by atoms with E-state index < -0.39 is 11.9 Å². The predicted molar refractivity (Wildman–Crippen MR) is 98.9 cm³/mol. The van der Waals surface area contributed by atoms with Crippen LogP contribution in [0.1, 0.15) is 6.92 Å². The van der Waals surface area contributed by atoms with Crippen molar-refractivity contribution >= 4 is 11.9 Å². The lowest BCUT2D eigenvalue weighted by molar-refractivity contribution is -0.159. The minimum atomic E-state index is -1.82. The number of hydrogen-bond acceptors (Lipinski definition) is 7. The summed E-state index contributed by atoms with van der Waals surface area (Å²) in [6.07, 6.45) is 0. The zero-order chi connectivity index (χ0) is 20.2. The summed E-state index contributed by atoms with van der Waals surface area (Å²) in [6.45, 7) is 9.45. The van der Waals surface area contributed by atoms with Crippen molar-refractivity contribution in [2.75, 3.05) is 60.1 Å². The number of rotatable bonds is 7. The standard InChI is InChI=1S/C16H26N2O3.C2H2O4/c1-4-17-8-10-18(11-9-17)12-13-21-16-14(19-2)6-5-7-15(16)20-3;3-1(4)2(5)6/h5-7H,4,8-13H2,1-3H3;(H,3,4)(H,5,6). The van der Waals surface area contributed by atoms with Crippen LogP contribution >= 0.6 is 0 Å². The van der Waals surface area contributed by atoms with E-state index >= 15 is 0 Å². The van der Waals surface area contributed by atoms with Crippen molar-refractivity contribution in [1.29, 1.82) is 0 Å². The summed E-state index contributed by atoms with van der Waals surface area (Å²) >= 11 is 0. The van der Waals surface area contributed by atoms with Gasteiger partial charge < -0.3 is 29.3 Å². The maximum absolute atomic E-state index is 9.10. The van der Waals surface area contributed by atoms with Crippen molar-refractivity contribution < 1.29 is 34.0 Å². The minimum Gasteiger partial charge on any atom is -0.493 e. The van der Waals surface area contributed by atoms with Crippen LogP contribution in [0.3, 0.4) is 0 Å². The van der Waals surface area contributed by atoms with E-state index in [-0.39, 0.29) is 0 Å². The number of nitrogens with zero attached hydrogens (tertiary/aromatic N) is 2. The Hall–Kier alpha value is -2.52. The molecule has 1 aromatic rings. The van der Waals surface area contributed by atoms with Crippen LogP contribution in [0.2, 0.25) is 0 Å². The van der Waals surface area contributed by atoms with E-state index in [4.69, 9.17) is 34.0 Å². The van der Waals surface area contributed by atoms with E-state index in [1.807, 2.05) is 18.2 Å². The fourth-order valence-corrected chi connectivity index (χ4v) is 2.57. The van der Waals surface area contributed by atoms with Crippen molar-refractivity contribution in [1.82, 2.24) is 9.80 Å². The number of likely N-dealkylation sites (N-methyl/N-ethyl adjacent to an activating group) is 1. The van der Waals surface area contributed by atoms with Gasteiger partial charge in [-0.05, 0) is 18.7 Å². The fraction of sp³-hybridized carbons (Fsp3) is 0.556. The maximum Gasteiger partial charge on any atom is 0.414 e. The Bertz CT molecular complexity index is 567. The largest absolute Gasteiger partial charge is 0.493 e. The highest BCUT2D eigenvalue weighted by Gasteiger charge is 2.16. The molecular formula is C18H28N2O7. The highest BCUT2D eigenvalue weighted by molar-refractivity contribution is 6.27. The fourth-order valence-electron chi connectivity index (χ4n) is 2.57. The van der Waals surface area contributed by atoms with Crippen molar-refractivity contribution in [2.24, 2.45) is 0 Å². The molecule has 2 N–H and O–H groups in total. The summed E-state index contributed by atoms with van der Waals surface area (Å²) in [4.78, 5) is 23.1. The van der Waals surface area contributed by atoms with Crippen molar-refractivity contribution in [2.45, 2.75) is 6.92 Å². The van der Waals surface area contributed by atoms with Crippen LogP contribution in [-0.2, 0) is 9.59 Å². The smallest absolute Gasteiger partial charge is 0.414 e. The SMILES string of the molecule is CCN1CCN(CCOc2c(OC)cccc2OC)CC1.O=C(O)C(=O)O. The van der Waals surface area contributed by atoms with E-state index in [0.29, 0.717) is 23.9 Å². The Labute approximate surface area is 159 Å². The highest BCUT2D eigenvalue weighted by atomic mass is 16.5. The molecule has 1 heterocycles. The molecule has 27 heavy (non-hydrogen) atoms. The summed E-state index contributed by atoms with van der Waals surface area (Å²) in [7, 11) is 3.29. The Balaban J connectivity index is 0.000000527. The first-order valence-corrected chi connectivity index (χ1v) is 8.67. The monoisotopic (exact) mass is 384 g/mol. The molecule has 0 aliphatic carbocycles. The molecule has 0 bridgehead atoms. The summed E-state index contributed by atoms with van der Waals surface area (Å²) in [5.74, 6) is -1.53. The molecule has 9 nitrogen and oxygen atoms in total. The summed E-state index contributed by atoms with van der Waals surface area (Å²) in [6, 6.07) is 5.67. The van der Waals surface area contributed by atoms with Crippen LogP contribution in [-0.4, -0.2) is 92.0 Å². The molecule has 1 aromatic carbocycles. The molecule has 0 atom stereocenters. The lowest BCUT2D eigenvalue weighted by Gasteiger charge is -2.33. The van der Waals surface area contributed by atoms with Gasteiger partial charge in [0, 0.05) is 32.7 Å². The first-order valence-electron chi connectivity index (χ1n) is 8.67. The summed E-state index contributed by atoms with van der Waals surface area (Å²) < 4.78 is 16.6. The molecule has 2 rings (SSSR count). The first kappa shape index (κ1) is 22.5. The second-order valence-electron chi connectivity index (χ2n) is 5.73. The van der Waals surface area contributed by atoms with Crippen LogP contribution in [0.15, 0.2) is 18.2 Å². The van der Waals surface area contributed by atoms with Gasteiger partial charge in [0.25, 0.3) is 0 Å². The third-order valence-corrected chi connectivity index (χ3v) is 4.13. The number of carboxylic acid groups (broad SMARTS) is 2. The quantitative estimate of drug-likeness (QED) is 0.662. The van der Waals surface area contributed by atoms with Crippen LogP contribution < -0.4 is 14.2 Å². The number of methoxy groups -OCH3 is 2. The molecule has 0 spiro atoms. The third kappa shape index (κ3) is 7.71. The van der Waals surface area contributed by atoms with Crippen LogP contribution in [0.5, 0.6) is 17.2 Å². The average molecular weight is 384 g/mol. The van der Waals surface area contributed by atoms with Crippen molar-refractivity contribution in [3.05, 3.63) is 18.2 Å². The molecule has 0 unspecified atom stereocenters. The van der Waals surface area contributed by atoms with Gasteiger partial charge in [-0.15, -0.1) is 0 Å². The molecule has 0 aromatic heterocycles.